The van der Waals surface area contributed by atoms with Gasteiger partial charge in [0.25, 0.3) is 5.88 Å². The fourth-order valence-corrected chi connectivity index (χ4v) is 1.53. The number of hydrogen-bond acceptors (Lipinski definition) is 4. The van der Waals surface area contributed by atoms with E-state index in [0.717, 1.165) is 11.8 Å². The van der Waals surface area contributed by atoms with Gasteiger partial charge in [-0.1, -0.05) is 18.2 Å². The zero-order valence-corrected chi connectivity index (χ0v) is 7.49. The first kappa shape index (κ1) is 9.73. The maximum atomic E-state index is 10.5. The van der Waals surface area contributed by atoms with E-state index in [-0.39, 0.29) is 5.88 Å². The van der Waals surface area contributed by atoms with Gasteiger partial charge in [-0.15, -0.1) is 0 Å². The Labute approximate surface area is 79.1 Å². The lowest BCUT2D eigenvalue weighted by atomic mass is 10.2. The number of rotatable bonds is 4. The van der Waals surface area contributed by atoms with Gasteiger partial charge < -0.3 is 0 Å². The highest BCUT2D eigenvalue weighted by Gasteiger charge is 2.04. The quantitative estimate of drug-likeness (QED) is 0.243. The highest BCUT2D eigenvalue weighted by atomic mass is 32.2. The van der Waals surface area contributed by atoms with Gasteiger partial charge in [-0.05, 0) is 17.8 Å². The van der Waals surface area contributed by atoms with Crippen LogP contribution in [-0.4, -0.2) is 17.1 Å². The Morgan fingerprint density at radius 3 is 2.77 bits per heavy atom. The van der Waals surface area contributed by atoms with E-state index in [1.807, 2.05) is 0 Å². The highest BCUT2D eigenvalue weighted by molar-refractivity contribution is 7.99. The molecule has 0 aliphatic heterocycles. The van der Waals surface area contributed by atoms with Gasteiger partial charge in [0.2, 0.25) is 0 Å². The summed E-state index contributed by atoms with van der Waals surface area (Å²) in [7, 11) is 0. The predicted octanol–water partition coefficient (Wildman–Crippen LogP) is 1.83. The molecule has 4 nitrogen and oxygen atoms in total. The largest absolute Gasteiger partial charge is 0.298 e. The van der Waals surface area contributed by atoms with Crippen LogP contribution in [0.3, 0.4) is 0 Å². The molecule has 1 aromatic rings. The average molecular weight is 197 g/mol. The number of carbonyl (C=O) groups is 1. The van der Waals surface area contributed by atoms with Crippen molar-refractivity contribution in [1.82, 2.24) is 0 Å². The fourth-order valence-electron chi connectivity index (χ4n) is 0.832. The molecule has 0 aliphatic rings. The van der Waals surface area contributed by atoms with Crippen LogP contribution in [0.5, 0.6) is 0 Å². The number of nitro groups is 1. The Kier molecular flexibility index (Phi) is 3.45. The maximum absolute atomic E-state index is 10.5. The topological polar surface area (TPSA) is 60.2 Å². The van der Waals surface area contributed by atoms with Crippen LogP contribution in [0.25, 0.3) is 0 Å². The Morgan fingerprint density at radius 1 is 1.46 bits per heavy atom. The Morgan fingerprint density at radius 2 is 2.15 bits per heavy atom. The molecule has 0 bridgehead atoms. The minimum atomic E-state index is -0.424. The number of benzene rings is 1. The van der Waals surface area contributed by atoms with Crippen LogP contribution in [-0.2, 0) is 0 Å². The molecule has 13 heavy (non-hydrogen) atoms. The Balaban J connectivity index is 2.75. The van der Waals surface area contributed by atoms with Gasteiger partial charge in [0, 0.05) is 15.4 Å². The minimum Gasteiger partial charge on any atom is -0.298 e. The lowest BCUT2D eigenvalue weighted by Crippen LogP contribution is -1.96. The van der Waals surface area contributed by atoms with Crippen molar-refractivity contribution < 1.29 is 9.72 Å². The SMILES string of the molecule is O=Cc1ccccc1SC[N+](=O)[O-]. The number of nitrogens with zero attached hydrogens (tertiary/aromatic N) is 1. The Bertz CT molecular complexity index is 327. The van der Waals surface area contributed by atoms with Crippen LogP contribution in [0, 0.1) is 10.1 Å². The molecule has 0 radical (unpaired) electrons. The molecular formula is C8H7NO3S. The summed E-state index contributed by atoms with van der Waals surface area (Å²) in [5.74, 6) is -0.217. The van der Waals surface area contributed by atoms with E-state index in [2.05, 4.69) is 0 Å². The molecule has 0 unspecified atom stereocenters. The third kappa shape index (κ3) is 2.87. The van der Waals surface area contributed by atoms with Gasteiger partial charge in [0.1, 0.15) is 0 Å². The smallest absolute Gasteiger partial charge is 0.253 e. The molecule has 0 N–H and O–H groups in total. The maximum Gasteiger partial charge on any atom is 0.253 e. The zero-order valence-electron chi connectivity index (χ0n) is 6.67. The second-order valence-corrected chi connectivity index (χ2v) is 3.25. The molecule has 1 rings (SSSR count). The highest BCUT2D eigenvalue weighted by Crippen LogP contribution is 2.20. The van der Waals surface area contributed by atoms with Crippen LogP contribution in [0.15, 0.2) is 29.2 Å². The van der Waals surface area contributed by atoms with Gasteiger partial charge in [0.05, 0.1) is 0 Å². The first-order chi connectivity index (χ1) is 6.24. The van der Waals surface area contributed by atoms with E-state index in [1.54, 1.807) is 24.3 Å². The van der Waals surface area contributed by atoms with Crippen molar-refractivity contribution in [3.8, 4) is 0 Å². The van der Waals surface area contributed by atoms with Crippen molar-refractivity contribution in [2.45, 2.75) is 4.90 Å². The van der Waals surface area contributed by atoms with Crippen molar-refractivity contribution >= 4 is 18.0 Å². The van der Waals surface area contributed by atoms with E-state index in [9.17, 15) is 14.9 Å². The number of carbonyl (C=O) groups excluding carboxylic acids is 1. The minimum absolute atomic E-state index is 0.217. The molecule has 0 aliphatic carbocycles. The molecule has 0 saturated carbocycles. The van der Waals surface area contributed by atoms with Gasteiger partial charge in [0.15, 0.2) is 6.29 Å². The van der Waals surface area contributed by atoms with Gasteiger partial charge in [-0.3, -0.25) is 14.9 Å². The molecule has 0 aromatic heterocycles. The monoisotopic (exact) mass is 197 g/mol. The molecule has 0 spiro atoms. The van der Waals surface area contributed by atoms with E-state index >= 15 is 0 Å². The third-order valence-corrected chi connectivity index (χ3v) is 2.39. The molecule has 0 saturated heterocycles. The molecule has 0 heterocycles. The van der Waals surface area contributed by atoms with Crippen LogP contribution < -0.4 is 0 Å². The lowest BCUT2D eigenvalue weighted by molar-refractivity contribution is -0.456. The summed E-state index contributed by atoms with van der Waals surface area (Å²) >= 11 is 1.05. The molecular weight excluding hydrogens is 190 g/mol. The molecule has 5 heteroatoms. The van der Waals surface area contributed by atoms with Gasteiger partial charge in [-0.25, -0.2) is 0 Å². The lowest BCUT2D eigenvalue weighted by Gasteiger charge is -1.99. The summed E-state index contributed by atoms with van der Waals surface area (Å²) in [4.78, 5) is 20.8. The summed E-state index contributed by atoms with van der Waals surface area (Å²) in [5.41, 5.74) is 0.495. The molecule has 0 fully saturated rings. The third-order valence-electron chi connectivity index (χ3n) is 1.37. The summed E-state index contributed by atoms with van der Waals surface area (Å²) in [6.45, 7) is 0. The van der Waals surface area contributed by atoms with Crippen LogP contribution in [0.4, 0.5) is 0 Å². The standard InChI is InChI=1S/C8H7NO3S/c10-5-7-3-1-2-4-8(7)13-6-9(11)12/h1-5H,6H2. The summed E-state index contributed by atoms with van der Waals surface area (Å²) in [5, 5.41) is 10.1. The van der Waals surface area contributed by atoms with E-state index in [4.69, 9.17) is 0 Å². The molecule has 1 aromatic carbocycles. The first-order valence-corrected chi connectivity index (χ1v) is 4.51. The molecule has 68 valence electrons. The summed E-state index contributed by atoms with van der Waals surface area (Å²) in [6.07, 6.45) is 0.697. The van der Waals surface area contributed by atoms with Crippen LogP contribution in [0.1, 0.15) is 10.4 Å². The molecule has 0 amide bonds. The number of aldehydes is 1. The zero-order chi connectivity index (χ0) is 9.68. The van der Waals surface area contributed by atoms with Gasteiger partial charge >= 0.3 is 0 Å². The van der Waals surface area contributed by atoms with Crippen LogP contribution >= 0.6 is 11.8 Å². The van der Waals surface area contributed by atoms with E-state index < -0.39 is 4.92 Å². The van der Waals surface area contributed by atoms with E-state index in [1.165, 1.54) is 0 Å². The summed E-state index contributed by atoms with van der Waals surface area (Å²) in [6, 6.07) is 6.79. The molecule has 0 atom stereocenters. The average Bonchev–Trinajstić information content (AvgIpc) is 2.15. The number of thioether (sulfide) groups is 1. The summed E-state index contributed by atoms with van der Waals surface area (Å²) < 4.78 is 0. The first-order valence-electron chi connectivity index (χ1n) is 3.53. The second-order valence-electron chi connectivity index (χ2n) is 2.26. The van der Waals surface area contributed by atoms with Gasteiger partial charge in [-0.2, -0.15) is 0 Å². The normalized spacial score (nSPS) is 9.54. The fraction of sp³-hybridized carbons (Fsp3) is 0.125. The second kappa shape index (κ2) is 4.61. The predicted molar refractivity (Wildman–Crippen MR) is 49.5 cm³/mol. The van der Waals surface area contributed by atoms with Crippen molar-refractivity contribution in [3.05, 3.63) is 39.9 Å². The Hall–Kier alpha value is -1.36. The van der Waals surface area contributed by atoms with E-state index in [0.29, 0.717) is 16.7 Å². The van der Waals surface area contributed by atoms with Crippen molar-refractivity contribution in [2.75, 3.05) is 5.88 Å². The van der Waals surface area contributed by atoms with Crippen molar-refractivity contribution in [3.63, 3.8) is 0 Å². The van der Waals surface area contributed by atoms with Crippen LogP contribution in [0.2, 0.25) is 0 Å². The van der Waals surface area contributed by atoms with Crippen molar-refractivity contribution in [1.29, 1.82) is 0 Å². The number of hydrogen-bond donors (Lipinski definition) is 0. The van der Waals surface area contributed by atoms with Crippen molar-refractivity contribution in [2.24, 2.45) is 0 Å².